The van der Waals surface area contributed by atoms with Crippen LogP contribution in [0.25, 0.3) is 0 Å². The molecule has 3 nitrogen and oxygen atoms in total. The van der Waals surface area contributed by atoms with Crippen LogP contribution in [0.5, 0.6) is 0 Å². The fraction of sp³-hybridized carbons (Fsp3) is 0. The minimum atomic E-state index is 0.550. The van der Waals surface area contributed by atoms with Crippen LogP contribution in [0, 0.1) is 11.3 Å². The zero-order valence-electron chi connectivity index (χ0n) is 8.09. The van der Waals surface area contributed by atoms with E-state index in [0.29, 0.717) is 10.6 Å². The zero-order valence-corrected chi connectivity index (χ0v) is 9.66. The molecule has 0 saturated carbocycles. The molecule has 0 fully saturated rings. The van der Waals surface area contributed by atoms with Gasteiger partial charge in [0, 0.05) is 17.3 Å². The summed E-state index contributed by atoms with van der Waals surface area (Å²) in [6.07, 6.45) is 4.91. The lowest BCUT2D eigenvalue weighted by Crippen LogP contribution is -1.82. The molecule has 0 aliphatic rings. The maximum Gasteiger partial charge on any atom is 0.119 e. The van der Waals surface area contributed by atoms with Gasteiger partial charge in [-0.05, 0) is 18.2 Å². The highest BCUT2D eigenvalue weighted by Gasteiger charge is 2.04. The molecular weight excluding hydrogens is 242 g/mol. The van der Waals surface area contributed by atoms with Crippen LogP contribution in [-0.2, 0) is 0 Å². The van der Waals surface area contributed by atoms with Gasteiger partial charge in [0.05, 0.1) is 22.9 Å². The first-order chi connectivity index (χ1) is 7.79. The van der Waals surface area contributed by atoms with Crippen molar-refractivity contribution in [2.45, 2.75) is 9.92 Å². The van der Waals surface area contributed by atoms with Crippen molar-refractivity contribution in [1.82, 2.24) is 9.97 Å². The summed E-state index contributed by atoms with van der Waals surface area (Å²) in [4.78, 5) is 8.96. The van der Waals surface area contributed by atoms with Crippen LogP contribution in [0.3, 0.4) is 0 Å². The lowest BCUT2D eigenvalue weighted by atomic mass is 10.2. The largest absolute Gasteiger partial charge is 0.260 e. The van der Waals surface area contributed by atoms with E-state index in [4.69, 9.17) is 16.9 Å². The Morgan fingerprint density at radius 1 is 1.31 bits per heavy atom. The molecular formula is C11H6ClN3S. The predicted molar refractivity (Wildman–Crippen MR) is 62.3 cm³/mol. The minimum Gasteiger partial charge on any atom is -0.260 e. The van der Waals surface area contributed by atoms with Crippen molar-refractivity contribution in [1.29, 1.82) is 5.26 Å². The molecule has 2 rings (SSSR count). The number of benzene rings is 1. The first-order valence-corrected chi connectivity index (χ1v) is 5.62. The Bertz CT molecular complexity index is 537. The molecule has 5 heteroatoms. The lowest BCUT2D eigenvalue weighted by Gasteiger charge is -2.02. The summed E-state index contributed by atoms with van der Waals surface area (Å²) in [5.74, 6) is 0. The summed E-state index contributed by atoms with van der Waals surface area (Å²) in [5, 5.41) is 10.0. The number of rotatable bonds is 2. The van der Waals surface area contributed by atoms with Gasteiger partial charge in [0.25, 0.3) is 0 Å². The van der Waals surface area contributed by atoms with Crippen molar-refractivity contribution < 1.29 is 0 Å². The van der Waals surface area contributed by atoms with Gasteiger partial charge in [-0.1, -0.05) is 23.4 Å². The number of aromatic nitrogens is 2. The van der Waals surface area contributed by atoms with E-state index < -0.39 is 0 Å². The molecule has 2 aromatic rings. The summed E-state index contributed by atoms with van der Waals surface area (Å²) in [5.41, 5.74) is 0.550. The van der Waals surface area contributed by atoms with Gasteiger partial charge in [-0.15, -0.1) is 0 Å². The topological polar surface area (TPSA) is 49.6 Å². The third-order valence-corrected chi connectivity index (χ3v) is 3.24. The average molecular weight is 248 g/mol. The minimum absolute atomic E-state index is 0.550. The van der Waals surface area contributed by atoms with E-state index >= 15 is 0 Å². The van der Waals surface area contributed by atoms with E-state index in [9.17, 15) is 0 Å². The standard InChI is InChI=1S/C11H6ClN3S/c12-9-5-8(6-13)1-2-10(9)16-11-7-14-3-4-15-11/h1-5,7H. The number of halogens is 1. The second-order valence-electron chi connectivity index (χ2n) is 2.90. The molecule has 1 aromatic carbocycles. The Balaban J connectivity index is 2.27. The maximum atomic E-state index is 8.70. The van der Waals surface area contributed by atoms with Crippen LogP contribution in [0.1, 0.15) is 5.56 Å². The maximum absolute atomic E-state index is 8.70. The summed E-state index contributed by atoms with van der Waals surface area (Å²) in [6, 6.07) is 7.21. The van der Waals surface area contributed by atoms with Crippen molar-refractivity contribution in [2.24, 2.45) is 0 Å². The normalized spacial score (nSPS) is 9.75. The van der Waals surface area contributed by atoms with Crippen molar-refractivity contribution in [3.63, 3.8) is 0 Å². The summed E-state index contributed by atoms with van der Waals surface area (Å²) >= 11 is 7.46. The van der Waals surface area contributed by atoms with Crippen LogP contribution in [-0.4, -0.2) is 9.97 Å². The molecule has 16 heavy (non-hydrogen) atoms. The fourth-order valence-electron chi connectivity index (χ4n) is 1.10. The van der Waals surface area contributed by atoms with E-state index in [1.807, 2.05) is 6.07 Å². The molecule has 0 amide bonds. The van der Waals surface area contributed by atoms with Crippen LogP contribution in [0.4, 0.5) is 0 Å². The molecule has 0 atom stereocenters. The first kappa shape index (κ1) is 10.9. The number of hydrogen-bond acceptors (Lipinski definition) is 4. The first-order valence-electron chi connectivity index (χ1n) is 4.43. The van der Waals surface area contributed by atoms with Gasteiger partial charge in [0.1, 0.15) is 5.03 Å². The van der Waals surface area contributed by atoms with Gasteiger partial charge < -0.3 is 0 Å². The Labute approximate surface area is 102 Å². The highest BCUT2D eigenvalue weighted by Crippen LogP contribution is 2.32. The molecule has 0 radical (unpaired) electrons. The Morgan fingerprint density at radius 2 is 2.19 bits per heavy atom. The SMILES string of the molecule is N#Cc1ccc(Sc2cnccn2)c(Cl)c1. The zero-order chi connectivity index (χ0) is 11.4. The van der Waals surface area contributed by atoms with E-state index in [1.165, 1.54) is 11.8 Å². The molecule has 0 aliphatic heterocycles. The Kier molecular flexibility index (Phi) is 3.40. The molecule has 0 spiro atoms. The second-order valence-corrected chi connectivity index (χ2v) is 4.37. The Hall–Kier alpha value is -1.57. The number of nitriles is 1. The van der Waals surface area contributed by atoms with Crippen LogP contribution < -0.4 is 0 Å². The third-order valence-electron chi connectivity index (χ3n) is 1.81. The van der Waals surface area contributed by atoms with Gasteiger partial charge in [-0.2, -0.15) is 5.26 Å². The lowest BCUT2D eigenvalue weighted by molar-refractivity contribution is 1.05. The van der Waals surface area contributed by atoms with Gasteiger partial charge in [-0.3, -0.25) is 4.98 Å². The highest BCUT2D eigenvalue weighted by atomic mass is 35.5. The van der Waals surface area contributed by atoms with Gasteiger partial charge in [-0.25, -0.2) is 4.98 Å². The number of hydrogen-bond donors (Lipinski definition) is 0. The van der Waals surface area contributed by atoms with Crippen LogP contribution in [0.2, 0.25) is 5.02 Å². The van der Waals surface area contributed by atoms with Gasteiger partial charge >= 0.3 is 0 Å². The van der Waals surface area contributed by atoms with Crippen LogP contribution >= 0.6 is 23.4 Å². The van der Waals surface area contributed by atoms with E-state index in [0.717, 1.165) is 9.92 Å². The van der Waals surface area contributed by atoms with E-state index in [2.05, 4.69) is 9.97 Å². The molecule has 0 unspecified atom stereocenters. The van der Waals surface area contributed by atoms with Gasteiger partial charge in [0.2, 0.25) is 0 Å². The van der Waals surface area contributed by atoms with Crippen LogP contribution in [0.15, 0.2) is 46.7 Å². The van der Waals surface area contributed by atoms with E-state index in [1.54, 1.807) is 36.8 Å². The summed E-state index contributed by atoms with van der Waals surface area (Å²) in [6.45, 7) is 0. The molecule has 1 heterocycles. The van der Waals surface area contributed by atoms with Gasteiger partial charge in [0.15, 0.2) is 0 Å². The third kappa shape index (κ3) is 2.51. The van der Waals surface area contributed by atoms with Crippen molar-refractivity contribution in [2.75, 3.05) is 0 Å². The Morgan fingerprint density at radius 3 is 2.81 bits per heavy atom. The van der Waals surface area contributed by atoms with Crippen molar-refractivity contribution in [3.8, 4) is 6.07 Å². The van der Waals surface area contributed by atoms with Crippen molar-refractivity contribution in [3.05, 3.63) is 47.4 Å². The molecule has 0 bridgehead atoms. The fourth-order valence-corrected chi connectivity index (χ4v) is 2.15. The quantitative estimate of drug-likeness (QED) is 0.818. The molecule has 0 N–H and O–H groups in total. The van der Waals surface area contributed by atoms with E-state index in [-0.39, 0.29) is 0 Å². The highest BCUT2D eigenvalue weighted by molar-refractivity contribution is 7.99. The summed E-state index contributed by atoms with van der Waals surface area (Å²) in [7, 11) is 0. The second kappa shape index (κ2) is 4.97. The molecule has 0 aliphatic carbocycles. The average Bonchev–Trinajstić information content (AvgIpc) is 2.33. The smallest absolute Gasteiger partial charge is 0.119 e. The monoisotopic (exact) mass is 247 g/mol. The molecule has 0 saturated heterocycles. The van der Waals surface area contributed by atoms with Crippen molar-refractivity contribution >= 4 is 23.4 Å². The summed E-state index contributed by atoms with van der Waals surface area (Å²) < 4.78 is 0. The number of nitrogens with zero attached hydrogens (tertiary/aromatic N) is 3. The predicted octanol–water partition coefficient (Wildman–Crippen LogP) is 3.15. The molecule has 1 aromatic heterocycles. The molecule has 78 valence electrons.